The normalized spacial score (nSPS) is 12.5. The van der Waals surface area contributed by atoms with Gasteiger partial charge in [-0.15, -0.1) is 21.5 Å². The standard InChI is InChI=1S/C14H13N3O2S2/c1-8-16-17-14(20-8)13(19)15-7-10(18)12-6-9-4-2-3-5-11(9)21-12/h2-6,10,18H,7H2,1H3,(H,15,19). The predicted molar refractivity (Wildman–Crippen MR) is 83.8 cm³/mol. The molecule has 0 bridgehead atoms. The summed E-state index contributed by atoms with van der Waals surface area (Å²) in [6, 6.07) is 9.90. The van der Waals surface area contributed by atoms with E-state index in [0.29, 0.717) is 5.01 Å². The molecule has 1 unspecified atom stereocenters. The van der Waals surface area contributed by atoms with Gasteiger partial charge in [0.05, 0.1) is 0 Å². The summed E-state index contributed by atoms with van der Waals surface area (Å²) in [5, 5.41) is 22.6. The highest BCUT2D eigenvalue weighted by molar-refractivity contribution is 7.19. The van der Waals surface area contributed by atoms with E-state index in [9.17, 15) is 9.90 Å². The van der Waals surface area contributed by atoms with Gasteiger partial charge >= 0.3 is 0 Å². The Kier molecular flexibility index (Phi) is 3.96. The van der Waals surface area contributed by atoms with Gasteiger partial charge in [-0.2, -0.15) is 0 Å². The van der Waals surface area contributed by atoms with Gasteiger partial charge < -0.3 is 10.4 Å². The van der Waals surface area contributed by atoms with E-state index in [0.717, 1.165) is 20.0 Å². The molecule has 2 heterocycles. The fourth-order valence-electron chi connectivity index (χ4n) is 1.92. The molecule has 1 amide bonds. The average Bonchev–Trinajstić information content (AvgIpc) is 3.10. The van der Waals surface area contributed by atoms with E-state index in [1.807, 2.05) is 30.3 Å². The minimum absolute atomic E-state index is 0.157. The minimum atomic E-state index is -0.722. The molecule has 0 spiro atoms. The minimum Gasteiger partial charge on any atom is -0.386 e. The first-order valence-corrected chi connectivity index (χ1v) is 8.01. The number of carbonyl (C=O) groups excluding carboxylic acids is 1. The Morgan fingerprint density at radius 3 is 2.86 bits per heavy atom. The lowest BCUT2D eigenvalue weighted by atomic mass is 10.2. The van der Waals surface area contributed by atoms with Crippen molar-refractivity contribution in [3.05, 3.63) is 45.2 Å². The van der Waals surface area contributed by atoms with Crippen molar-refractivity contribution in [1.29, 1.82) is 0 Å². The van der Waals surface area contributed by atoms with Crippen molar-refractivity contribution in [2.45, 2.75) is 13.0 Å². The summed E-state index contributed by atoms with van der Waals surface area (Å²) in [6.07, 6.45) is -0.722. The molecule has 21 heavy (non-hydrogen) atoms. The Morgan fingerprint density at radius 2 is 2.14 bits per heavy atom. The number of hydrogen-bond acceptors (Lipinski definition) is 6. The number of aliphatic hydroxyl groups excluding tert-OH is 1. The molecule has 5 nitrogen and oxygen atoms in total. The van der Waals surface area contributed by atoms with Gasteiger partial charge in [-0.1, -0.05) is 29.5 Å². The first-order valence-electron chi connectivity index (χ1n) is 6.38. The zero-order valence-corrected chi connectivity index (χ0v) is 12.9. The molecule has 0 aliphatic rings. The SMILES string of the molecule is Cc1nnc(C(=O)NCC(O)c2cc3ccccc3s2)s1. The van der Waals surface area contributed by atoms with E-state index >= 15 is 0 Å². The molecule has 0 saturated heterocycles. The van der Waals surface area contributed by atoms with Crippen molar-refractivity contribution in [3.63, 3.8) is 0 Å². The maximum Gasteiger partial charge on any atom is 0.282 e. The van der Waals surface area contributed by atoms with Crippen molar-refractivity contribution in [2.24, 2.45) is 0 Å². The van der Waals surface area contributed by atoms with Crippen molar-refractivity contribution in [3.8, 4) is 0 Å². The van der Waals surface area contributed by atoms with Crippen molar-refractivity contribution in [2.75, 3.05) is 6.54 Å². The van der Waals surface area contributed by atoms with E-state index in [1.54, 1.807) is 6.92 Å². The van der Waals surface area contributed by atoms with Gasteiger partial charge in [0.1, 0.15) is 11.1 Å². The van der Waals surface area contributed by atoms with Crippen LogP contribution in [0.25, 0.3) is 10.1 Å². The first kappa shape index (κ1) is 14.1. The Balaban J connectivity index is 1.66. The van der Waals surface area contributed by atoms with Gasteiger partial charge in [0, 0.05) is 16.1 Å². The number of aromatic nitrogens is 2. The van der Waals surface area contributed by atoms with Gasteiger partial charge in [0.2, 0.25) is 5.01 Å². The molecule has 3 aromatic rings. The Hall–Kier alpha value is -1.83. The number of nitrogens with one attached hydrogen (secondary N) is 1. The molecule has 0 aliphatic heterocycles. The molecular formula is C14H13N3O2S2. The summed E-state index contributed by atoms with van der Waals surface area (Å²) in [7, 11) is 0. The number of hydrogen-bond donors (Lipinski definition) is 2. The van der Waals surface area contributed by atoms with Crippen LogP contribution in [-0.4, -0.2) is 27.8 Å². The third-order valence-corrected chi connectivity index (χ3v) is 5.00. The Morgan fingerprint density at radius 1 is 1.33 bits per heavy atom. The highest BCUT2D eigenvalue weighted by atomic mass is 32.1. The van der Waals surface area contributed by atoms with E-state index in [2.05, 4.69) is 15.5 Å². The smallest absolute Gasteiger partial charge is 0.282 e. The van der Waals surface area contributed by atoms with Crippen molar-refractivity contribution in [1.82, 2.24) is 15.5 Å². The molecular weight excluding hydrogens is 306 g/mol. The first-order chi connectivity index (χ1) is 10.1. The number of carbonyl (C=O) groups is 1. The van der Waals surface area contributed by atoms with Crippen LogP contribution in [0.15, 0.2) is 30.3 Å². The molecule has 1 aromatic carbocycles. The van der Waals surface area contributed by atoms with E-state index < -0.39 is 6.10 Å². The van der Waals surface area contributed by atoms with Crippen LogP contribution in [0.4, 0.5) is 0 Å². The maximum atomic E-state index is 11.9. The lowest BCUT2D eigenvalue weighted by Crippen LogP contribution is -2.28. The Bertz CT molecular complexity index is 748. The summed E-state index contributed by atoms with van der Waals surface area (Å²) in [5.41, 5.74) is 0. The second-order valence-corrected chi connectivity index (χ2v) is 6.84. The van der Waals surface area contributed by atoms with Crippen LogP contribution in [0.2, 0.25) is 0 Å². The molecule has 2 N–H and O–H groups in total. The molecule has 0 radical (unpaired) electrons. The number of benzene rings is 1. The summed E-state index contributed by atoms with van der Waals surface area (Å²) in [5.74, 6) is -0.305. The van der Waals surface area contributed by atoms with Crippen LogP contribution < -0.4 is 5.32 Å². The predicted octanol–water partition coefficient (Wildman–Crippen LogP) is 2.52. The number of fused-ring (bicyclic) bond motifs is 1. The number of aliphatic hydroxyl groups is 1. The van der Waals surface area contributed by atoms with E-state index in [1.165, 1.54) is 22.7 Å². The van der Waals surface area contributed by atoms with Crippen LogP contribution in [0.1, 0.15) is 25.8 Å². The summed E-state index contributed by atoms with van der Waals surface area (Å²) in [6.45, 7) is 1.95. The van der Waals surface area contributed by atoms with Gasteiger partial charge in [0.25, 0.3) is 5.91 Å². The van der Waals surface area contributed by atoms with Crippen LogP contribution in [0.3, 0.4) is 0 Å². The van der Waals surface area contributed by atoms with E-state index in [-0.39, 0.29) is 12.5 Å². The number of nitrogens with zero attached hydrogens (tertiary/aromatic N) is 2. The highest BCUT2D eigenvalue weighted by Crippen LogP contribution is 2.29. The van der Waals surface area contributed by atoms with Crippen LogP contribution in [0, 0.1) is 6.92 Å². The number of aryl methyl sites for hydroxylation is 1. The third-order valence-electron chi connectivity index (χ3n) is 2.95. The number of thiophene rings is 1. The molecule has 0 aliphatic carbocycles. The van der Waals surface area contributed by atoms with E-state index in [4.69, 9.17) is 0 Å². The van der Waals surface area contributed by atoms with Crippen LogP contribution in [-0.2, 0) is 0 Å². The summed E-state index contributed by atoms with van der Waals surface area (Å²) in [4.78, 5) is 12.7. The molecule has 7 heteroatoms. The molecule has 1 atom stereocenters. The average molecular weight is 319 g/mol. The van der Waals surface area contributed by atoms with Crippen LogP contribution >= 0.6 is 22.7 Å². The van der Waals surface area contributed by atoms with Gasteiger partial charge in [-0.05, 0) is 24.4 Å². The molecule has 2 aromatic heterocycles. The Labute approximate surface area is 129 Å². The summed E-state index contributed by atoms with van der Waals surface area (Å²) < 4.78 is 1.12. The van der Waals surface area contributed by atoms with Gasteiger partial charge in [-0.3, -0.25) is 4.79 Å². The lowest BCUT2D eigenvalue weighted by molar-refractivity contribution is 0.0917. The zero-order valence-electron chi connectivity index (χ0n) is 11.2. The maximum absolute atomic E-state index is 11.9. The van der Waals surface area contributed by atoms with Crippen molar-refractivity contribution >= 4 is 38.7 Å². The molecule has 0 saturated carbocycles. The lowest BCUT2D eigenvalue weighted by Gasteiger charge is -2.08. The molecule has 0 fully saturated rings. The highest BCUT2D eigenvalue weighted by Gasteiger charge is 2.15. The second kappa shape index (κ2) is 5.88. The largest absolute Gasteiger partial charge is 0.386 e. The second-order valence-electron chi connectivity index (χ2n) is 4.54. The topological polar surface area (TPSA) is 75.1 Å². The monoisotopic (exact) mass is 319 g/mol. The van der Waals surface area contributed by atoms with Crippen molar-refractivity contribution < 1.29 is 9.90 Å². The van der Waals surface area contributed by atoms with Crippen LogP contribution in [0.5, 0.6) is 0 Å². The fourth-order valence-corrected chi connectivity index (χ4v) is 3.58. The quantitative estimate of drug-likeness (QED) is 0.775. The number of rotatable bonds is 4. The molecule has 3 rings (SSSR count). The third kappa shape index (κ3) is 3.10. The summed E-state index contributed by atoms with van der Waals surface area (Å²) >= 11 is 2.76. The fraction of sp³-hybridized carbons (Fsp3) is 0.214. The zero-order chi connectivity index (χ0) is 14.8. The van der Waals surface area contributed by atoms with Gasteiger partial charge in [0.15, 0.2) is 0 Å². The van der Waals surface area contributed by atoms with Gasteiger partial charge in [-0.25, -0.2) is 0 Å². The molecule has 108 valence electrons. The number of amides is 1.